The van der Waals surface area contributed by atoms with Gasteiger partial charge in [-0.15, -0.1) is 0 Å². The third-order valence-electron chi connectivity index (χ3n) is 2.63. The summed E-state index contributed by atoms with van der Waals surface area (Å²) in [5.41, 5.74) is 4.17. The van der Waals surface area contributed by atoms with Crippen LogP contribution in [0.25, 0.3) is 0 Å². The van der Waals surface area contributed by atoms with Gasteiger partial charge < -0.3 is 4.90 Å². The fourth-order valence-electron chi connectivity index (χ4n) is 1.98. The van der Waals surface area contributed by atoms with Crippen LogP contribution in [0.1, 0.15) is 36.5 Å². The molecule has 0 saturated heterocycles. The average molecular weight is 205 g/mol. The van der Waals surface area contributed by atoms with Crippen LogP contribution < -0.4 is 0 Å². The highest BCUT2D eigenvalue weighted by molar-refractivity contribution is 5.28. The number of rotatable bonds is 5. The summed E-state index contributed by atoms with van der Waals surface area (Å²) in [5, 5.41) is 0. The summed E-state index contributed by atoms with van der Waals surface area (Å²) in [6.45, 7) is 8.85. The fourth-order valence-corrected chi connectivity index (χ4v) is 1.98. The summed E-state index contributed by atoms with van der Waals surface area (Å²) < 4.78 is 0. The summed E-state index contributed by atoms with van der Waals surface area (Å²) in [6.07, 6.45) is 2.57. The Kier molecular flexibility index (Phi) is 4.83. The van der Waals surface area contributed by atoms with E-state index in [9.17, 15) is 0 Å². The third-order valence-corrected chi connectivity index (χ3v) is 2.63. The van der Waals surface area contributed by atoms with Crippen molar-refractivity contribution in [2.75, 3.05) is 13.6 Å². The van der Waals surface area contributed by atoms with Crippen LogP contribution in [0.5, 0.6) is 0 Å². The van der Waals surface area contributed by atoms with Crippen LogP contribution in [-0.4, -0.2) is 18.5 Å². The molecule has 0 heterocycles. The Morgan fingerprint density at radius 3 is 2.20 bits per heavy atom. The maximum atomic E-state index is 2.40. The largest absolute Gasteiger partial charge is 0.302 e. The Bertz CT molecular complexity index is 284. The Labute approximate surface area is 94.1 Å². The Morgan fingerprint density at radius 2 is 1.67 bits per heavy atom. The summed E-state index contributed by atoms with van der Waals surface area (Å²) in [6, 6.07) is 6.81. The topological polar surface area (TPSA) is 3.24 Å². The molecule has 0 unspecified atom stereocenters. The predicted molar refractivity (Wildman–Crippen MR) is 67.2 cm³/mol. The standard InChI is InChI=1S/C14H23N/c1-5-6-7-15(4)11-14-9-12(2)8-13(3)10-14/h8-10H,5-7,11H2,1-4H3. The molecule has 0 N–H and O–H groups in total. The van der Waals surface area contributed by atoms with E-state index in [2.05, 4.69) is 50.9 Å². The molecule has 0 aliphatic rings. The first-order chi connectivity index (χ1) is 7.11. The highest BCUT2D eigenvalue weighted by Gasteiger charge is 2.00. The summed E-state index contributed by atoms with van der Waals surface area (Å²) >= 11 is 0. The zero-order valence-corrected chi connectivity index (χ0v) is 10.5. The van der Waals surface area contributed by atoms with Crippen LogP contribution in [0.2, 0.25) is 0 Å². The molecule has 0 spiro atoms. The van der Waals surface area contributed by atoms with Gasteiger partial charge in [0.25, 0.3) is 0 Å². The molecule has 0 radical (unpaired) electrons. The van der Waals surface area contributed by atoms with E-state index in [-0.39, 0.29) is 0 Å². The van der Waals surface area contributed by atoms with Crippen molar-refractivity contribution in [1.29, 1.82) is 0 Å². The highest BCUT2D eigenvalue weighted by Crippen LogP contribution is 2.10. The smallest absolute Gasteiger partial charge is 0.0230 e. The Morgan fingerprint density at radius 1 is 1.07 bits per heavy atom. The van der Waals surface area contributed by atoms with Crippen molar-refractivity contribution in [3.05, 3.63) is 34.9 Å². The SMILES string of the molecule is CCCCN(C)Cc1cc(C)cc(C)c1. The lowest BCUT2D eigenvalue weighted by Crippen LogP contribution is -2.19. The predicted octanol–water partition coefficient (Wildman–Crippen LogP) is 3.54. The molecule has 1 rings (SSSR count). The van der Waals surface area contributed by atoms with E-state index in [1.165, 1.54) is 36.1 Å². The van der Waals surface area contributed by atoms with Crippen molar-refractivity contribution >= 4 is 0 Å². The van der Waals surface area contributed by atoms with E-state index >= 15 is 0 Å². The molecule has 1 heteroatoms. The van der Waals surface area contributed by atoms with Crippen molar-refractivity contribution in [2.45, 2.75) is 40.2 Å². The Hall–Kier alpha value is -0.820. The molecule has 1 aromatic rings. The fraction of sp³-hybridized carbons (Fsp3) is 0.571. The lowest BCUT2D eigenvalue weighted by Gasteiger charge is -2.16. The lowest BCUT2D eigenvalue weighted by atomic mass is 10.1. The normalized spacial score (nSPS) is 11.0. The van der Waals surface area contributed by atoms with Crippen LogP contribution in [0.3, 0.4) is 0 Å². The number of hydrogen-bond donors (Lipinski definition) is 0. The van der Waals surface area contributed by atoms with Crippen LogP contribution in [0.15, 0.2) is 18.2 Å². The molecule has 0 aliphatic heterocycles. The second-order valence-electron chi connectivity index (χ2n) is 4.59. The second kappa shape index (κ2) is 5.92. The number of benzene rings is 1. The van der Waals surface area contributed by atoms with Gasteiger partial charge in [0.1, 0.15) is 0 Å². The molecule has 0 amide bonds. The number of aryl methyl sites for hydroxylation is 2. The van der Waals surface area contributed by atoms with Crippen LogP contribution in [0, 0.1) is 13.8 Å². The van der Waals surface area contributed by atoms with Crippen molar-refractivity contribution in [1.82, 2.24) is 4.90 Å². The number of hydrogen-bond acceptors (Lipinski definition) is 1. The van der Waals surface area contributed by atoms with Crippen LogP contribution in [0.4, 0.5) is 0 Å². The molecule has 0 atom stereocenters. The molecule has 0 fully saturated rings. The maximum absolute atomic E-state index is 2.40. The first-order valence-corrected chi connectivity index (χ1v) is 5.87. The molecule has 0 bridgehead atoms. The minimum absolute atomic E-state index is 1.07. The molecule has 0 aliphatic carbocycles. The monoisotopic (exact) mass is 205 g/mol. The van der Waals surface area contributed by atoms with Gasteiger partial charge >= 0.3 is 0 Å². The minimum Gasteiger partial charge on any atom is -0.302 e. The first-order valence-electron chi connectivity index (χ1n) is 5.87. The van der Waals surface area contributed by atoms with Crippen LogP contribution >= 0.6 is 0 Å². The second-order valence-corrected chi connectivity index (χ2v) is 4.59. The van der Waals surface area contributed by atoms with Gasteiger partial charge in [0.2, 0.25) is 0 Å². The zero-order chi connectivity index (χ0) is 11.3. The van der Waals surface area contributed by atoms with E-state index in [0.29, 0.717) is 0 Å². The van der Waals surface area contributed by atoms with Gasteiger partial charge in [0.05, 0.1) is 0 Å². The minimum atomic E-state index is 1.07. The molecular formula is C14H23N. The van der Waals surface area contributed by atoms with E-state index < -0.39 is 0 Å². The van der Waals surface area contributed by atoms with Gasteiger partial charge in [0, 0.05) is 6.54 Å². The zero-order valence-electron chi connectivity index (χ0n) is 10.5. The van der Waals surface area contributed by atoms with Gasteiger partial charge in [0.15, 0.2) is 0 Å². The maximum Gasteiger partial charge on any atom is 0.0230 e. The van der Waals surface area contributed by atoms with Crippen LogP contribution in [-0.2, 0) is 6.54 Å². The molecule has 84 valence electrons. The molecule has 1 aromatic carbocycles. The van der Waals surface area contributed by atoms with E-state index in [1.54, 1.807) is 0 Å². The summed E-state index contributed by atoms with van der Waals surface area (Å²) in [5.74, 6) is 0. The van der Waals surface area contributed by atoms with Crippen molar-refractivity contribution in [3.63, 3.8) is 0 Å². The van der Waals surface area contributed by atoms with E-state index in [4.69, 9.17) is 0 Å². The number of nitrogens with zero attached hydrogens (tertiary/aromatic N) is 1. The number of unbranched alkanes of at least 4 members (excludes halogenated alkanes) is 1. The third kappa shape index (κ3) is 4.48. The summed E-state index contributed by atoms with van der Waals surface area (Å²) in [4.78, 5) is 2.40. The Balaban J connectivity index is 2.56. The van der Waals surface area contributed by atoms with Gasteiger partial charge in [-0.2, -0.15) is 0 Å². The van der Waals surface area contributed by atoms with E-state index in [1.807, 2.05) is 0 Å². The van der Waals surface area contributed by atoms with E-state index in [0.717, 1.165) is 6.54 Å². The van der Waals surface area contributed by atoms with Gasteiger partial charge in [-0.25, -0.2) is 0 Å². The van der Waals surface area contributed by atoms with Crippen molar-refractivity contribution in [2.24, 2.45) is 0 Å². The van der Waals surface area contributed by atoms with Crippen molar-refractivity contribution in [3.8, 4) is 0 Å². The quantitative estimate of drug-likeness (QED) is 0.710. The molecule has 15 heavy (non-hydrogen) atoms. The lowest BCUT2D eigenvalue weighted by molar-refractivity contribution is 0.320. The average Bonchev–Trinajstić information content (AvgIpc) is 2.13. The highest BCUT2D eigenvalue weighted by atomic mass is 15.1. The molecule has 0 saturated carbocycles. The van der Waals surface area contributed by atoms with Gasteiger partial charge in [-0.3, -0.25) is 0 Å². The molecule has 0 aromatic heterocycles. The molecular weight excluding hydrogens is 182 g/mol. The summed E-state index contributed by atoms with van der Waals surface area (Å²) in [7, 11) is 2.20. The van der Waals surface area contributed by atoms with Gasteiger partial charge in [-0.05, 0) is 39.4 Å². The molecule has 1 nitrogen and oxygen atoms in total. The van der Waals surface area contributed by atoms with Gasteiger partial charge in [-0.1, -0.05) is 42.7 Å². The first kappa shape index (κ1) is 12.3. The van der Waals surface area contributed by atoms with Crippen molar-refractivity contribution < 1.29 is 0 Å².